The highest BCUT2D eigenvalue weighted by molar-refractivity contribution is 9.11. The van der Waals surface area contributed by atoms with Crippen molar-refractivity contribution in [3.05, 3.63) is 15.2 Å². The fraction of sp³-hybridized carbons (Fsp3) is 0.400. The van der Waals surface area contributed by atoms with Gasteiger partial charge in [0.05, 0.1) is 16.2 Å². The molecule has 0 amide bonds. The van der Waals surface area contributed by atoms with Crippen molar-refractivity contribution in [2.45, 2.75) is 25.8 Å². The van der Waals surface area contributed by atoms with Gasteiger partial charge in [-0.2, -0.15) is 0 Å². The Morgan fingerprint density at radius 1 is 1.67 bits per heavy atom. The van der Waals surface area contributed by atoms with Gasteiger partial charge in [0.15, 0.2) is 5.82 Å². The fourth-order valence-corrected chi connectivity index (χ4v) is 2.80. The highest BCUT2D eigenvalue weighted by Crippen LogP contribution is 2.29. The van der Waals surface area contributed by atoms with E-state index in [9.17, 15) is 4.79 Å². The van der Waals surface area contributed by atoms with Gasteiger partial charge in [-0.15, -0.1) is 16.4 Å². The van der Waals surface area contributed by atoms with Crippen molar-refractivity contribution in [3.63, 3.8) is 0 Å². The van der Waals surface area contributed by atoms with E-state index in [1.54, 1.807) is 4.68 Å². The van der Waals surface area contributed by atoms with Crippen LogP contribution >= 0.6 is 27.3 Å². The summed E-state index contributed by atoms with van der Waals surface area (Å²) in [7, 11) is 0. The Bertz CT molecular complexity index is 554. The number of hydrogen-bond acceptors (Lipinski definition) is 5. The number of aromatic nitrogens is 4. The van der Waals surface area contributed by atoms with E-state index in [1.165, 1.54) is 11.3 Å². The van der Waals surface area contributed by atoms with Crippen molar-refractivity contribution in [2.24, 2.45) is 0 Å². The average molecular weight is 331 g/mol. The van der Waals surface area contributed by atoms with Crippen molar-refractivity contribution >= 4 is 33.2 Å². The van der Waals surface area contributed by atoms with Crippen LogP contribution in [0.4, 0.5) is 0 Å². The first-order valence-corrected chi connectivity index (χ1v) is 7.03. The van der Waals surface area contributed by atoms with Crippen LogP contribution in [-0.4, -0.2) is 31.3 Å². The highest BCUT2D eigenvalue weighted by Gasteiger charge is 2.20. The third-order valence-electron chi connectivity index (χ3n) is 2.55. The van der Waals surface area contributed by atoms with E-state index in [4.69, 9.17) is 5.11 Å². The summed E-state index contributed by atoms with van der Waals surface area (Å²) in [6, 6.07) is 1.69. The summed E-state index contributed by atoms with van der Waals surface area (Å²) in [6.45, 7) is 1.92. The summed E-state index contributed by atoms with van der Waals surface area (Å²) >= 11 is 4.92. The van der Waals surface area contributed by atoms with Gasteiger partial charge in [-0.1, -0.05) is 6.92 Å². The lowest BCUT2D eigenvalue weighted by Crippen LogP contribution is -2.15. The number of rotatable bonds is 5. The second kappa shape index (κ2) is 5.57. The molecule has 0 radical (unpaired) electrons. The van der Waals surface area contributed by atoms with Gasteiger partial charge in [0.2, 0.25) is 0 Å². The van der Waals surface area contributed by atoms with Crippen LogP contribution in [0.3, 0.4) is 0 Å². The monoisotopic (exact) mass is 330 g/mol. The zero-order valence-electron chi connectivity index (χ0n) is 9.58. The molecule has 0 saturated carbocycles. The molecule has 2 aromatic heterocycles. The molecule has 1 unspecified atom stereocenters. The van der Waals surface area contributed by atoms with Crippen LogP contribution in [0.5, 0.6) is 0 Å². The summed E-state index contributed by atoms with van der Waals surface area (Å²) in [5.74, 6) is -0.250. The van der Waals surface area contributed by atoms with Crippen molar-refractivity contribution < 1.29 is 9.90 Å². The Labute approximate surface area is 116 Å². The van der Waals surface area contributed by atoms with Crippen molar-refractivity contribution in [1.82, 2.24) is 20.2 Å². The molecule has 0 aliphatic heterocycles. The third-order valence-corrected chi connectivity index (χ3v) is 4.05. The van der Waals surface area contributed by atoms with Crippen LogP contribution in [0.2, 0.25) is 0 Å². The lowest BCUT2D eigenvalue weighted by Gasteiger charge is -2.13. The normalized spacial score (nSPS) is 12.6. The summed E-state index contributed by atoms with van der Waals surface area (Å²) in [4.78, 5) is 10.8. The summed E-state index contributed by atoms with van der Waals surface area (Å²) in [5, 5.41) is 22.3. The van der Waals surface area contributed by atoms with E-state index < -0.39 is 5.97 Å². The number of halogens is 1. The first kappa shape index (κ1) is 13.2. The number of carboxylic acid groups (broad SMARTS) is 1. The smallest absolute Gasteiger partial charge is 0.305 e. The molecule has 18 heavy (non-hydrogen) atoms. The van der Waals surface area contributed by atoms with Crippen molar-refractivity contribution in [1.29, 1.82) is 0 Å². The van der Waals surface area contributed by atoms with Crippen LogP contribution < -0.4 is 0 Å². The maximum Gasteiger partial charge on any atom is 0.305 e. The van der Waals surface area contributed by atoms with E-state index in [1.807, 2.05) is 18.4 Å². The molecule has 0 aromatic carbocycles. The molecule has 2 aromatic rings. The fourth-order valence-electron chi connectivity index (χ4n) is 1.66. The van der Waals surface area contributed by atoms with Crippen molar-refractivity contribution in [3.8, 4) is 11.4 Å². The van der Waals surface area contributed by atoms with Crippen LogP contribution in [0.1, 0.15) is 25.8 Å². The van der Waals surface area contributed by atoms with Gasteiger partial charge < -0.3 is 5.11 Å². The third kappa shape index (κ3) is 2.75. The molecule has 1 atom stereocenters. The molecule has 2 rings (SSSR count). The molecule has 0 aliphatic carbocycles. The number of nitrogens with zero attached hydrogens (tertiary/aromatic N) is 4. The highest BCUT2D eigenvalue weighted by atomic mass is 79.9. The summed E-state index contributed by atoms with van der Waals surface area (Å²) < 4.78 is 2.57. The van der Waals surface area contributed by atoms with Gasteiger partial charge in [0.25, 0.3) is 0 Å². The maximum absolute atomic E-state index is 10.8. The number of aliphatic carboxylic acids is 1. The van der Waals surface area contributed by atoms with Gasteiger partial charge in [-0.25, -0.2) is 4.68 Å². The number of carboxylic acids is 1. The predicted molar refractivity (Wildman–Crippen MR) is 70.4 cm³/mol. The Morgan fingerprint density at radius 3 is 3.00 bits per heavy atom. The summed E-state index contributed by atoms with van der Waals surface area (Å²) in [6.07, 6.45) is 0.676. The molecule has 0 spiro atoms. The van der Waals surface area contributed by atoms with E-state index >= 15 is 0 Å². The molecule has 2 heterocycles. The number of hydrogen-bond donors (Lipinski definition) is 1. The maximum atomic E-state index is 10.8. The minimum Gasteiger partial charge on any atom is -0.481 e. The van der Waals surface area contributed by atoms with Crippen LogP contribution in [0.25, 0.3) is 11.4 Å². The largest absolute Gasteiger partial charge is 0.481 e. The van der Waals surface area contributed by atoms with Gasteiger partial charge in [0.1, 0.15) is 0 Å². The number of carbonyl (C=O) groups is 1. The molecule has 96 valence electrons. The molecule has 1 N–H and O–H groups in total. The lowest BCUT2D eigenvalue weighted by molar-refractivity contribution is -0.138. The molecular weight excluding hydrogens is 320 g/mol. The molecule has 6 nitrogen and oxygen atoms in total. The van der Waals surface area contributed by atoms with Gasteiger partial charge in [0, 0.05) is 10.9 Å². The molecule has 8 heteroatoms. The minimum atomic E-state index is -0.852. The Balaban J connectivity index is 2.34. The zero-order chi connectivity index (χ0) is 13.1. The van der Waals surface area contributed by atoms with Crippen molar-refractivity contribution in [2.75, 3.05) is 0 Å². The topological polar surface area (TPSA) is 80.9 Å². The molecule has 0 aliphatic rings. The first-order chi connectivity index (χ1) is 8.61. The van der Waals surface area contributed by atoms with Gasteiger partial charge in [-0.3, -0.25) is 4.79 Å². The molecule has 0 bridgehead atoms. The van der Waals surface area contributed by atoms with E-state index in [2.05, 4.69) is 31.5 Å². The van der Waals surface area contributed by atoms with Crippen LogP contribution in [0.15, 0.2) is 15.2 Å². The SMILES string of the molecule is CCC(CC(=O)O)n1nnnc1-c1csc(Br)c1. The first-order valence-electron chi connectivity index (χ1n) is 5.36. The van der Waals surface area contributed by atoms with Crippen LogP contribution in [-0.2, 0) is 4.79 Å². The number of tetrazole rings is 1. The Hall–Kier alpha value is -1.28. The van der Waals surface area contributed by atoms with Gasteiger partial charge >= 0.3 is 5.97 Å². The Morgan fingerprint density at radius 2 is 2.44 bits per heavy atom. The van der Waals surface area contributed by atoms with Crippen LogP contribution in [0, 0.1) is 0 Å². The standard InChI is InChI=1S/C10H11BrN4O2S/c1-2-7(4-9(16)17)15-10(12-13-14-15)6-3-8(11)18-5-6/h3,5,7H,2,4H2,1H3,(H,16,17). The summed E-state index contributed by atoms with van der Waals surface area (Å²) in [5.41, 5.74) is 0.890. The minimum absolute atomic E-state index is 0.0137. The average Bonchev–Trinajstić information content (AvgIpc) is 2.93. The second-order valence-corrected chi connectivity index (χ2v) is 6.04. The number of thiophene rings is 1. The predicted octanol–water partition coefficient (Wildman–Crippen LogP) is 2.59. The van der Waals surface area contributed by atoms with Gasteiger partial charge in [-0.05, 0) is 38.8 Å². The second-order valence-electron chi connectivity index (χ2n) is 3.75. The van der Waals surface area contributed by atoms with E-state index in [0.29, 0.717) is 12.2 Å². The lowest BCUT2D eigenvalue weighted by atomic mass is 10.1. The zero-order valence-corrected chi connectivity index (χ0v) is 12.0. The van der Waals surface area contributed by atoms with E-state index in [-0.39, 0.29) is 12.5 Å². The van der Waals surface area contributed by atoms with E-state index in [0.717, 1.165) is 9.35 Å². The quantitative estimate of drug-likeness (QED) is 0.911. The Kier molecular flexibility index (Phi) is 4.07. The molecular formula is C10H11BrN4O2S. The molecule has 0 saturated heterocycles. The molecule has 0 fully saturated rings.